The molecule has 14 heteroatoms. The van der Waals surface area contributed by atoms with E-state index in [2.05, 4.69) is 24.4 Å². The smallest absolute Gasteiger partial charge is 0.367 e. The maximum Gasteiger partial charge on any atom is 0.367 e. The third kappa shape index (κ3) is 6.53. The topological polar surface area (TPSA) is 170 Å². The number of nitrogens with one attached hydrogen (secondary N) is 2. The Morgan fingerprint density at radius 3 is 2.21 bits per heavy atom. The van der Waals surface area contributed by atoms with Gasteiger partial charge in [0.05, 0.1) is 17.3 Å². The lowest BCUT2D eigenvalue weighted by Crippen LogP contribution is -2.50. The highest BCUT2D eigenvalue weighted by Gasteiger charge is 2.35. The first-order valence-corrected chi connectivity index (χ1v) is 15.1. The first-order valence-electron chi connectivity index (χ1n) is 13.7. The van der Waals surface area contributed by atoms with Crippen molar-refractivity contribution in [3.8, 4) is 5.75 Å². The number of phenols is 1. The van der Waals surface area contributed by atoms with Gasteiger partial charge in [-0.15, -0.1) is 8.80 Å². The van der Waals surface area contributed by atoms with Gasteiger partial charge in [-0.3, -0.25) is 14.6 Å². The summed E-state index contributed by atoms with van der Waals surface area (Å²) in [5.74, 6) is 0.0779. The van der Waals surface area contributed by atoms with Crippen LogP contribution in [0.15, 0.2) is 67.9 Å². The highest BCUT2D eigenvalue weighted by Crippen LogP contribution is 2.35. The number of piperazine rings is 1. The molecule has 3 N–H and O–H groups in total. The Kier molecular flexibility index (Phi) is 7.97. The molecule has 1 fully saturated rings. The second kappa shape index (κ2) is 11.5. The molecule has 1 saturated heterocycles. The number of pyridine rings is 1. The molecular weight excluding hydrogens is 574 g/mol. The van der Waals surface area contributed by atoms with Crippen molar-refractivity contribution in [3.63, 3.8) is 0 Å². The van der Waals surface area contributed by atoms with Gasteiger partial charge < -0.3 is 30.0 Å². The van der Waals surface area contributed by atoms with Crippen LogP contribution in [0, 0.1) is 12.3 Å². The van der Waals surface area contributed by atoms with Crippen molar-refractivity contribution in [1.82, 2.24) is 20.1 Å². The fourth-order valence-corrected chi connectivity index (χ4v) is 5.63. The number of nitrogens with zero attached hydrogens (tertiary/aromatic N) is 5. The van der Waals surface area contributed by atoms with Crippen molar-refractivity contribution in [2.24, 2.45) is 14.2 Å². The molecule has 1 atom stereocenters. The van der Waals surface area contributed by atoms with E-state index in [1.165, 1.54) is 12.1 Å². The highest BCUT2D eigenvalue weighted by atomic mass is 32.2. The van der Waals surface area contributed by atoms with E-state index in [1.807, 2.05) is 39.8 Å². The summed E-state index contributed by atoms with van der Waals surface area (Å²) < 4.78 is 38.1. The third-order valence-electron chi connectivity index (χ3n) is 7.09. The Hall–Kier alpha value is -4.72. The molecule has 5 rings (SSSR count). The largest absolute Gasteiger partial charge is 0.505 e. The van der Waals surface area contributed by atoms with Crippen LogP contribution < -0.4 is 10.6 Å². The van der Waals surface area contributed by atoms with Crippen LogP contribution in [0.5, 0.6) is 5.75 Å². The van der Waals surface area contributed by atoms with Crippen molar-refractivity contribution >= 4 is 39.4 Å². The Balaban J connectivity index is 1.31. The Morgan fingerprint density at radius 2 is 1.60 bits per heavy atom. The molecule has 2 aliphatic heterocycles. The van der Waals surface area contributed by atoms with Gasteiger partial charge in [-0.1, -0.05) is 32.9 Å². The van der Waals surface area contributed by atoms with Gasteiger partial charge in [-0.05, 0) is 48.7 Å². The van der Waals surface area contributed by atoms with Gasteiger partial charge in [0.15, 0.2) is 17.4 Å². The third-order valence-corrected chi connectivity index (χ3v) is 7.91. The minimum absolute atomic E-state index is 0.0148. The number of amides is 2. The van der Waals surface area contributed by atoms with Crippen LogP contribution in [0.4, 0.5) is 5.69 Å². The van der Waals surface area contributed by atoms with Crippen molar-refractivity contribution in [2.75, 3.05) is 31.5 Å². The number of benzene rings is 1. The van der Waals surface area contributed by atoms with Crippen LogP contribution in [0.25, 0.3) is 0 Å². The van der Waals surface area contributed by atoms with Crippen LogP contribution in [-0.2, 0) is 10.2 Å². The van der Waals surface area contributed by atoms with Crippen LogP contribution >= 0.6 is 0 Å². The van der Waals surface area contributed by atoms with E-state index in [4.69, 9.17) is 4.42 Å². The van der Waals surface area contributed by atoms with Crippen LogP contribution in [0.1, 0.15) is 59.2 Å². The molecule has 226 valence electrons. The summed E-state index contributed by atoms with van der Waals surface area (Å²) in [6.45, 7) is 8.85. The number of furan rings is 1. The SMILES string of the molecule is Cc1ccc(C(NC2=NS(=O)(=O)N=C2Nc2cccc(C(=O)N3CCN(C(=O)c4ccccn4)CC3)c2O)C(C)(C)C)o1. The lowest BCUT2D eigenvalue weighted by Gasteiger charge is -2.34. The van der Waals surface area contributed by atoms with Gasteiger partial charge >= 0.3 is 10.2 Å². The molecule has 4 heterocycles. The fourth-order valence-electron chi connectivity index (χ4n) is 4.85. The van der Waals surface area contributed by atoms with Gasteiger partial charge in [0, 0.05) is 32.4 Å². The summed E-state index contributed by atoms with van der Waals surface area (Å²) in [7, 11) is -4.19. The Bertz CT molecular complexity index is 1700. The van der Waals surface area contributed by atoms with Crippen LogP contribution in [-0.4, -0.2) is 78.0 Å². The molecule has 2 amide bonds. The number of hydrogen-bond donors (Lipinski definition) is 3. The zero-order valence-electron chi connectivity index (χ0n) is 24.2. The molecular formula is C29H33N7O6S. The number of para-hydroxylation sites is 1. The number of rotatable bonds is 5. The number of phenolic OH excluding ortho intramolecular Hbond substituents is 1. The maximum absolute atomic E-state index is 13.4. The average Bonchev–Trinajstić information content (AvgIpc) is 3.52. The van der Waals surface area contributed by atoms with Gasteiger partial charge in [0.1, 0.15) is 17.2 Å². The highest BCUT2D eigenvalue weighted by molar-refractivity contribution is 7.89. The maximum atomic E-state index is 13.4. The number of anilines is 1. The average molecular weight is 608 g/mol. The first kappa shape index (κ1) is 29.8. The molecule has 0 radical (unpaired) electrons. The number of hydrogen-bond acceptors (Lipinski definition) is 9. The number of carbonyl (C=O) groups is 2. The van der Waals surface area contributed by atoms with E-state index >= 15 is 0 Å². The van der Waals surface area contributed by atoms with Gasteiger partial charge in [-0.25, -0.2) is 0 Å². The van der Waals surface area contributed by atoms with Crippen molar-refractivity contribution in [3.05, 3.63) is 77.5 Å². The minimum atomic E-state index is -4.19. The molecule has 0 saturated carbocycles. The molecule has 0 aliphatic carbocycles. The molecule has 1 unspecified atom stereocenters. The molecule has 43 heavy (non-hydrogen) atoms. The summed E-state index contributed by atoms with van der Waals surface area (Å²) in [4.78, 5) is 33.4. The monoisotopic (exact) mass is 607 g/mol. The quantitative estimate of drug-likeness (QED) is 0.369. The van der Waals surface area contributed by atoms with Crippen LogP contribution in [0.2, 0.25) is 0 Å². The standard InChI is InChI=1S/C29H33N7O6S/c1-18-11-12-22(42-18)24(29(2,3)4)32-26-25(33-43(40,41)34-26)31-20-10-7-8-19(23(20)37)27(38)35-14-16-36(17-15-35)28(39)21-9-5-6-13-30-21/h5-13,24,37H,14-17H2,1-4H3,(H,31,33)(H,32,34). The number of amidine groups is 2. The molecule has 1 aromatic carbocycles. The number of carbonyl (C=O) groups excluding carboxylic acids is 2. The van der Waals surface area contributed by atoms with Gasteiger partial charge in [0.2, 0.25) is 0 Å². The predicted octanol–water partition coefficient (Wildman–Crippen LogP) is 3.13. The second-order valence-electron chi connectivity index (χ2n) is 11.3. The Labute approximate surface area is 249 Å². The lowest BCUT2D eigenvalue weighted by molar-refractivity contribution is 0.0530. The second-order valence-corrected chi connectivity index (χ2v) is 12.6. The van der Waals surface area contributed by atoms with Crippen molar-refractivity contribution in [2.45, 2.75) is 33.7 Å². The zero-order valence-corrected chi connectivity index (χ0v) is 25.1. The zero-order chi connectivity index (χ0) is 30.9. The molecule has 13 nitrogen and oxygen atoms in total. The molecule has 0 spiro atoms. The van der Waals surface area contributed by atoms with Gasteiger partial charge in [-0.2, -0.15) is 8.42 Å². The number of aromatic nitrogens is 1. The van der Waals surface area contributed by atoms with E-state index in [0.29, 0.717) is 30.3 Å². The fraction of sp³-hybridized carbons (Fsp3) is 0.345. The molecule has 0 bridgehead atoms. The van der Waals surface area contributed by atoms with E-state index in [0.717, 1.165) is 0 Å². The number of aryl methyl sites for hydroxylation is 1. The summed E-state index contributed by atoms with van der Waals surface area (Å²) in [6.07, 6.45) is 1.55. The van der Waals surface area contributed by atoms with E-state index in [9.17, 15) is 23.1 Å². The normalized spacial score (nSPS) is 17.2. The minimum Gasteiger partial charge on any atom is -0.505 e. The predicted molar refractivity (Wildman–Crippen MR) is 160 cm³/mol. The molecule has 3 aromatic rings. The molecule has 2 aromatic heterocycles. The lowest BCUT2D eigenvalue weighted by atomic mass is 9.85. The van der Waals surface area contributed by atoms with Crippen molar-refractivity contribution < 1.29 is 27.5 Å². The number of aromatic hydroxyl groups is 1. The summed E-state index contributed by atoms with van der Waals surface area (Å²) in [5.41, 5.74) is 0.00808. The van der Waals surface area contributed by atoms with Gasteiger partial charge in [0.25, 0.3) is 11.8 Å². The summed E-state index contributed by atoms with van der Waals surface area (Å²) in [5, 5.41) is 17.1. The van der Waals surface area contributed by atoms with E-state index in [1.54, 1.807) is 40.3 Å². The van der Waals surface area contributed by atoms with E-state index in [-0.39, 0.29) is 47.7 Å². The van der Waals surface area contributed by atoms with Crippen LogP contribution in [0.3, 0.4) is 0 Å². The first-order chi connectivity index (χ1) is 20.3. The summed E-state index contributed by atoms with van der Waals surface area (Å²) >= 11 is 0. The summed E-state index contributed by atoms with van der Waals surface area (Å²) in [6, 6.07) is 12.8. The van der Waals surface area contributed by atoms with E-state index < -0.39 is 27.6 Å². The molecule has 2 aliphatic rings. The van der Waals surface area contributed by atoms with Crippen molar-refractivity contribution in [1.29, 1.82) is 0 Å². The Morgan fingerprint density at radius 1 is 0.930 bits per heavy atom.